The Morgan fingerprint density at radius 1 is 1.25 bits per heavy atom. The number of hydrogen-bond donors (Lipinski definition) is 1. The number of aryl methyl sites for hydroxylation is 2. The highest BCUT2D eigenvalue weighted by molar-refractivity contribution is 5.40. The van der Waals surface area contributed by atoms with Crippen LogP contribution in [0.4, 0.5) is 0 Å². The number of benzene rings is 1. The van der Waals surface area contributed by atoms with Crippen molar-refractivity contribution in [3.63, 3.8) is 0 Å². The van der Waals surface area contributed by atoms with Gasteiger partial charge in [0, 0.05) is 25.1 Å². The molecule has 1 aromatic heterocycles. The minimum atomic E-state index is 0.292. The van der Waals surface area contributed by atoms with Gasteiger partial charge in [-0.25, -0.2) is 0 Å². The SMILES string of the molecule is Cc1nnc(COc2c(C)cccc2CNC(C)C)o1. The largest absolute Gasteiger partial charge is 0.483 e. The second-order valence-corrected chi connectivity index (χ2v) is 5.10. The van der Waals surface area contributed by atoms with Gasteiger partial charge in [-0.1, -0.05) is 32.0 Å². The highest BCUT2D eigenvalue weighted by Gasteiger charge is 2.10. The molecule has 0 aliphatic rings. The van der Waals surface area contributed by atoms with Crippen molar-refractivity contribution < 1.29 is 9.15 Å². The van der Waals surface area contributed by atoms with Crippen LogP contribution in [0, 0.1) is 13.8 Å². The topological polar surface area (TPSA) is 60.2 Å². The molecule has 2 aromatic rings. The van der Waals surface area contributed by atoms with E-state index in [4.69, 9.17) is 9.15 Å². The Hall–Kier alpha value is -1.88. The molecule has 1 heterocycles. The Kier molecular flexibility index (Phi) is 4.74. The predicted octanol–water partition coefficient (Wildman–Crippen LogP) is 2.76. The van der Waals surface area contributed by atoms with Crippen molar-refractivity contribution >= 4 is 0 Å². The van der Waals surface area contributed by atoms with Crippen LogP contribution in [0.15, 0.2) is 22.6 Å². The molecule has 0 unspecified atom stereocenters. The Bertz CT molecular complexity index is 564. The van der Waals surface area contributed by atoms with Gasteiger partial charge in [0.25, 0.3) is 5.89 Å². The molecule has 2 rings (SSSR count). The van der Waals surface area contributed by atoms with E-state index in [1.54, 1.807) is 6.92 Å². The monoisotopic (exact) mass is 275 g/mol. The van der Waals surface area contributed by atoms with Crippen molar-refractivity contribution in [2.45, 2.75) is 46.9 Å². The molecule has 5 heteroatoms. The van der Waals surface area contributed by atoms with Crippen molar-refractivity contribution in [1.29, 1.82) is 0 Å². The summed E-state index contributed by atoms with van der Waals surface area (Å²) in [7, 11) is 0. The molecule has 0 saturated carbocycles. The third-order valence-corrected chi connectivity index (χ3v) is 2.90. The summed E-state index contributed by atoms with van der Waals surface area (Å²) in [6, 6.07) is 6.57. The minimum Gasteiger partial charge on any atom is -0.483 e. The van der Waals surface area contributed by atoms with E-state index in [0.29, 0.717) is 24.4 Å². The van der Waals surface area contributed by atoms with Crippen LogP contribution in [-0.4, -0.2) is 16.2 Å². The fourth-order valence-corrected chi connectivity index (χ4v) is 1.90. The molecule has 0 aliphatic heterocycles. The van der Waals surface area contributed by atoms with Gasteiger partial charge < -0.3 is 14.5 Å². The highest BCUT2D eigenvalue weighted by atomic mass is 16.5. The maximum absolute atomic E-state index is 5.86. The first kappa shape index (κ1) is 14.5. The standard InChI is InChI=1S/C15H21N3O2/c1-10(2)16-8-13-7-5-6-11(3)15(13)19-9-14-18-17-12(4)20-14/h5-7,10,16H,8-9H2,1-4H3. The lowest BCUT2D eigenvalue weighted by molar-refractivity contribution is 0.256. The van der Waals surface area contributed by atoms with Gasteiger partial charge in [-0.05, 0) is 12.5 Å². The summed E-state index contributed by atoms with van der Waals surface area (Å²) < 4.78 is 11.2. The maximum Gasteiger partial charge on any atom is 0.253 e. The van der Waals surface area contributed by atoms with E-state index in [1.165, 1.54) is 0 Å². The van der Waals surface area contributed by atoms with Crippen LogP contribution in [0.1, 0.15) is 36.8 Å². The predicted molar refractivity (Wildman–Crippen MR) is 76.5 cm³/mol. The fraction of sp³-hybridized carbons (Fsp3) is 0.467. The van der Waals surface area contributed by atoms with Gasteiger partial charge >= 0.3 is 0 Å². The van der Waals surface area contributed by atoms with Crippen LogP contribution in [0.25, 0.3) is 0 Å². The number of para-hydroxylation sites is 1. The summed E-state index contributed by atoms with van der Waals surface area (Å²) in [6.45, 7) is 9.11. The molecule has 0 bridgehead atoms. The first-order valence-corrected chi connectivity index (χ1v) is 6.80. The number of aromatic nitrogens is 2. The molecule has 0 spiro atoms. The number of nitrogens with one attached hydrogen (secondary N) is 1. The molecule has 0 atom stereocenters. The van der Waals surface area contributed by atoms with Gasteiger partial charge in [0.1, 0.15) is 5.75 Å². The highest BCUT2D eigenvalue weighted by Crippen LogP contribution is 2.24. The lowest BCUT2D eigenvalue weighted by atomic mass is 10.1. The zero-order chi connectivity index (χ0) is 14.5. The van der Waals surface area contributed by atoms with Crippen LogP contribution in [0.5, 0.6) is 5.75 Å². The number of nitrogens with zero attached hydrogens (tertiary/aromatic N) is 2. The van der Waals surface area contributed by atoms with Gasteiger partial charge in [0.15, 0.2) is 6.61 Å². The second-order valence-electron chi connectivity index (χ2n) is 5.10. The maximum atomic E-state index is 5.86. The molecule has 0 fully saturated rings. The van der Waals surface area contributed by atoms with E-state index < -0.39 is 0 Å². The average molecular weight is 275 g/mol. The normalized spacial score (nSPS) is 11.1. The lowest BCUT2D eigenvalue weighted by Crippen LogP contribution is -2.22. The van der Waals surface area contributed by atoms with Crippen molar-refractivity contribution in [2.75, 3.05) is 0 Å². The van der Waals surface area contributed by atoms with E-state index in [0.717, 1.165) is 23.4 Å². The Morgan fingerprint density at radius 3 is 2.70 bits per heavy atom. The number of ether oxygens (including phenoxy) is 1. The summed E-state index contributed by atoms with van der Waals surface area (Å²) in [6.07, 6.45) is 0. The molecule has 20 heavy (non-hydrogen) atoms. The molecular formula is C15H21N3O2. The summed E-state index contributed by atoms with van der Waals surface area (Å²) in [5.41, 5.74) is 2.24. The Balaban J connectivity index is 2.08. The van der Waals surface area contributed by atoms with E-state index in [9.17, 15) is 0 Å². The lowest BCUT2D eigenvalue weighted by Gasteiger charge is -2.15. The van der Waals surface area contributed by atoms with Crippen molar-refractivity contribution in [2.24, 2.45) is 0 Å². The molecule has 1 aromatic carbocycles. The van der Waals surface area contributed by atoms with Crippen molar-refractivity contribution in [3.8, 4) is 5.75 Å². The van der Waals surface area contributed by atoms with Crippen LogP contribution < -0.4 is 10.1 Å². The van der Waals surface area contributed by atoms with Crippen LogP contribution in [0.3, 0.4) is 0 Å². The van der Waals surface area contributed by atoms with E-state index >= 15 is 0 Å². The van der Waals surface area contributed by atoms with Crippen molar-refractivity contribution in [1.82, 2.24) is 15.5 Å². The number of rotatable bonds is 6. The van der Waals surface area contributed by atoms with Gasteiger partial charge in [-0.15, -0.1) is 10.2 Å². The van der Waals surface area contributed by atoms with E-state index in [2.05, 4.69) is 35.4 Å². The van der Waals surface area contributed by atoms with Crippen molar-refractivity contribution in [3.05, 3.63) is 41.1 Å². The molecule has 0 radical (unpaired) electrons. The minimum absolute atomic E-state index is 0.292. The molecule has 0 amide bonds. The summed E-state index contributed by atoms with van der Waals surface area (Å²) >= 11 is 0. The van der Waals surface area contributed by atoms with Gasteiger partial charge in [0.05, 0.1) is 0 Å². The van der Waals surface area contributed by atoms with Crippen LogP contribution in [0.2, 0.25) is 0 Å². The molecule has 5 nitrogen and oxygen atoms in total. The number of hydrogen-bond acceptors (Lipinski definition) is 5. The Labute approximate surface area is 119 Å². The zero-order valence-electron chi connectivity index (χ0n) is 12.4. The summed E-state index contributed by atoms with van der Waals surface area (Å²) in [4.78, 5) is 0. The first-order chi connectivity index (χ1) is 9.56. The average Bonchev–Trinajstić information content (AvgIpc) is 2.81. The molecule has 0 aliphatic carbocycles. The molecule has 108 valence electrons. The summed E-state index contributed by atoms with van der Waals surface area (Å²) in [5.74, 6) is 1.93. The Morgan fingerprint density at radius 2 is 2.05 bits per heavy atom. The van der Waals surface area contributed by atoms with Crippen LogP contribution in [-0.2, 0) is 13.2 Å². The summed E-state index contributed by atoms with van der Waals surface area (Å²) in [5, 5.41) is 11.1. The van der Waals surface area contributed by atoms with Gasteiger partial charge in [-0.2, -0.15) is 0 Å². The third kappa shape index (κ3) is 3.81. The third-order valence-electron chi connectivity index (χ3n) is 2.90. The quantitative estimate of drug-likeness (QED) is 0.878. The van der Waals surface area contributed by atoms with Crippen LogP contribution >= 0.6 is 0 Å². The molecule has 0 saturated heterocycles. The van der Waals surface area contributed by atoms with E-state index in [-0.39, 0.29) is 0 Å². The second kappa shape index (κ2) is 6.52. The zero-order valence-corrected chi connectivity index (χ0v) is 12.4. The fourth-order valence-electron chi connectivity index (χ4n) is 1.90. The van der Waals surface area contributed by atoms with Gasteiger partial charge in [-0.3, -0.25) is 0 Å². The molecule has 1 N–H and O–H groups in total. The first-order valence-electron chi connectivity index (χ1n) is 6.80. The van der Waals surface area contributed by atoms with Gasteiger partial charge in [0.2, 0.25) is 5.89 Å². The van der Waals surface area contributed by atoms with E-state index in [1.807, 2.05) is 19.1 Å². The smallest absolute Gasteiger partial charge is 0.253 e. The molecular weight excluding hydrogens is 254 g/mol.